The molecule has 0 aliphatic heterocycles. The highest BCUT2D eigenvalue weighted by atomic mass is 32.1. The zero-order valence-corrected chi connectivity index (χ0v) is 31.9. The van der Waals surface area contributed by atoms with E-state index in [9.17, 15) is 0 Å². The van der Waals surface area contributed by atoms with Crippen LogP contribution in [0, 0.1) is 0 Å². The molecule has 0 spiro atoms. The summed E-state index contributed by atoms with van der Waals surface area (Å²) in [5.74, 6) is 0. The van der Waals surface area contributed by atoms with Gasteiger partial charge in [0.05, 0.1) is 16.7 Å². The molecular formula is C54H36N2S. The van der Waals surface area contributed by atoms with Gasteiger partial charge >= 0.3 is 0 Å². The summed E-state index contributed by atoms with van der Waals surface area (Å²) in [6.07, 6.45) is 0. The van der Waals surface area contributed by atoms with Gasteiger partial charge in [-0.15, -0.1) is 11.3 Å². The molecule has 0 amide bonds. The van der Waals surface area contributed by atoms with Crippen LogP contribution in [0.2, 0.25) is 0 Å². The second-order valence-electron chi connectivity index (χ2n) is 14.5. The number of benzene rings is 9. The molecule has 0 atom stereocenters. The van der Waals surface area contributed by atoms with E-state index in [1.807, 2.05) is 11.3 Å². The van der Waals surface area contributed by atoms with Crippen molar-refractivity contribution in [1.82, 2.24) is 4.57 Å². The Morgan fingerprint density at radius 3 is 1.58 bits per heavy atom. The van der Waals surface area contributed by atoms with E-state index in [0.29, 0.717) is 0 Å². The molecule has 9 aromatic carbocycles. The van der Waals surface area contributed by atoms with Gasteiger partial charge in [-0.1, -0.05) is 158 Å². The Labute approximate surface area is 335 Å². The van der Waals surface area contributed by atoms with Gasteiger partial charge in [0.25, 0.3) is 0 Å². The Kier molecular flexibility index (Phi) is 8.04. The van der Waals surface area contributed by atoms with Crippen LogP contribution in [0.4, 0.5) is 17.1 Å². The number of hydrogen-bond acceptors (Lipinski definition) is 2. The van der Waals surface area contributed by atoms with E-state index in [2.05, 4.69) is 228 Å². The van der Waals surface area contributed by atoms with E-state index < -0.39 is 0 Å². The molecule has 0 aliphatic rings. The van der Waals surface area contributed by atoms with E-state index in [4.69, 9.17) is 0 Å². The SMILES string of the molecule is c1ccc(-c2ccccc2-c2c(-c3ccccc3)cccc2N(c2ccc(-n3c4ccccc4c4ccccc43)cc2)c2ccc3c(c2)sc2ccccc23)cc1. The van der Waals surface area contributed by atoms with Crippen LogP contribution >= 0.6 is 11.3 Å². The molecule has 2 nitrogen and oxygen atoms in total. The number of aromatic nitrogens is 1. The number of fused-ring (bicyclic) bond motifs is 6. The highest BCUT2D eigenvalue weighted by molar-refractivity contribution is 7.25. The second-order valence-corrected chi connectivity index (χ2v) is 15.6. The van der Waals surface area contributed by atoms with Crippen molar-refractivity contribution in [1.29, 1.82) is 0 Å². The van der Waals surface area contributed by atoms with Gasteiger partial charge in [-0.3, -0.25) is 0 Å². The largest absolute Gasteiger partial charge is 0.310 e. The number of para-hydroxylation sites is 2. The van der Waals surface area contributed by atoms with Crippen LogP contribution in [-0.4, -0.2) is 4.57 Å². The molecule has 0 saturated carbocycles. The van der Waals surface area contributed by atoms with Crippen molar-refractivity contribution < 1.29 is 0 Å². The minimum absolute atomic E-state index is 1.09. The fourth-order valence-electron chi connectivity index (χ4n) is 8.67. The van der Waals surface area contributed by atoms with Crippen molar-refractivity contribution in [3.8, 4) is 39.1 Å². The first kappa shape index (κ1) is 33.2. The van der Waals surface area contributed by atoms with Crippen molar-refractivity contribution in [2.75, 3.05) is 4.90 Å². The first-order valence-corrected chi connectivity index (χ1v) is 20.3. The normalized spacial score (nSPS) is 11.5. The number of anilines is 3. The molecule has 0 bridgehead atoms. The first-order chi connectivity index (χ1) is 28.3. The average Bonchev–Trinajstić information content (AvgIpc) is 3.83. The van der Waals surface area contributed by atoms with E-state index in [0.717, 1.165) is 22.7 Å². The molecule has 2 aromatic heterocycles. The molecule has 3 heteroatoms. The monoisotopic (exact) mass is 744 g/mol. The van der Waals surface area contributed by atoms with Crippen molar-refractivity contribution >= 4 is 70.4 Å². The number of rotatable bonds is 7. The summed E-state index contributed by atoms with van der Waals surface area (Å²) in [4.78, 5) is 2.46. The lowest BCUT2D eigenvalue weighted by Crippen LogP contribution is -2.12. The summed E-state index contributed by atoms with van der Waals surface area (Å²) >= 11 is 1.86. The van der Waals surface area contributed by atoms with Crippen molar-refractivity contribution in [3.05, 3.63) is 218 Å². The van der Waals surface area contributed by atoms with Crippen molar-refractivity contribution in [3.63, 3.8) is 0 Å². The third kappa shape index (κ3) is 5.63. The average molecular weight is 745 g/mol. The fourth-order valence-corrected chi connectivity index (χ4v) is 9.81. The lowest BCUT2D eigenvalue weighted by molar-refractivity contribution is 1.17. The minimum atomic E-state index is 1.09. The molecule has 11 aromatic rings. The third-order valence-electron chi connectivity index (χ3n) is 11.2. The van der Waals surface area contributed by atoms with Gasteiger partial charge < -0.3 is 9.47 Å². The summed E-state index contributed by atoms with van der Waals surface area (Å²) in [6, 6.07) is 79.5. The molecule has 268 valence electrons. The molecular weight excluding hydrogens is 709 g/mol. The predicted octanol–water partition coefficient (Wildman–Crippen LogP) is 15.6. The highest BCUT2D eigenvalue weighted by Gasteiger charge is 2.23. The maximum Gasteiger partial charge on any atom is 0.0546 e. The van der Waals surface area contributed by atoms with Crippen LogP contribution in [0.3, 0.4) is 0 Å². The molecule has 0 radical (unpaired) electrons. The summed E-state index contributed by atoms with van der Waals surface area (Å²) in [5, 5.41) is 5.10. The fraction of sp³-hybridized carbons (Fsp3) is 0. The lowest BCUT2D eigenvalue weighted by Gasteiger charge is -2.30. The van der Waals surface area contributed by atoms with E-state index >= 15 is 0 Å². The van der Waals surface area contributed by atoms with Gasteiger partial charge in [0.1, 0.15) is 0 Å². The molecule has 57 heavy (non-hydrogen) atoms. The Balaban J connectivity index is 1.17. The summed E-state index contributed by atoms with van der Waals surface area (Å²) in [7, 11) is 0. The smallest absolute Gasteiger partial charge is 0.0546 e. The van der Waals surface area contributed by atoms with Crippen LogP contribution in [-0.2, 0) is 0 Å². The molecule has 0 N–H and O–H groups in total. The molecule has 11 rings (SSSR count). The molecule has 0 unspecified atom stereocenters. The lowest BCUT2D eigenvalue weighted by atomic mass is 9.87. The van der Waals surface area contributed by atoms with Gasteiger partial charge in [-0.25, -0.2) is 0 Å². The maximum absolute atomic E-state index is 2.46. The zero-order valence-electron chi connectivity index (χ0n) is 31.1. The quantitative estimate of drug-likeness (QED) is 0.158. The van der Waals surface area contributed by atoms with Crippen LogP contribution in [0.5, 0.6) is 0 Å². The number of nitrogens with zero attached hydrogens (tertiary/aromatic N) is 2. The van der Waals surface area contributed by atoms with E-state index in [-0.39, 0.29) is 0 Å². The molecule has 0 saturated heterocycles. The second kappa shape index (κ2) is 13.8. The van der Waals surface area contributed by atoms with Crippen molar-refractivity contribution in [2.45, 2.75) is 0 Å². The van der Waals surface area contributed by atoms with Crippen LogP contribution < -0.4 is 4.90 Å². The Bertz CT molecular complexity index is 3180. The van der Waals surface area contributed by atoms with Gasteiger partial charge in [0, 0.05) is 53.6 Å². The van der Waals surface area contributed by atoms with E-state index in [1.54, 1.807) is 0 Å². The Morgan fingerprint density at radius 2 is 0.877 bits per heavy atom. The number of hydrogen-bond donors (Lipinski definition) is 0. The predicted molar refractivity (Wildman–Crippen MR) is 245 cm³/mol. The van der Waals surface area contributed by atoms with Crippen LogP contribution in [0.15, 0.2) is 218 Å². The number of thiophene rings is 1. The minimum Gasteiger partial charge on any atom is -0.310 e. The zero-order chi connectivity index (χ0) is 37.7. The Hall–Kier alpha value is -7.20. The molecule has 0 fully saturated rings. The molecule has 0 aliphatic carbocycles. The van der Waals surface area contributed by atoms with Crippen molar-refractivity contribution in [2.24, 2.45) is 0 Å². The van der Waals surface area contributed by atoms with E-state index in [1.165, 1.54) is 75.4 Å². The summed E-state index contributed by atoms with van der Waals surface area (Å²) in [5.41, 5.74) is 14.0. The maximum atomic E-state index is 2.46. The standard InChI is InChI=1S/C54H36N2S/c1-3-16-37(17-4-1)42-20-7-8-24-48(42)54-43(38-18-5-2-6-19-38)25-15-28-51(54)55(41-34-35-47-46-23-11-14-29-52(46)57-53(47)36-41)39-30-32-40(33-31-39)56-49-26-12-9-21-44(49)45-22-10-13-27-50(45)56/h1-36H. The van der Waals surface area contributed by atoms with Crippen LogP contribution in [0.25, 0.3) is 81.0 Å². The highest BCUT2D eigenvalue weighted by Crippen LogP contribution is 2.49. The summed E-state index contributed by atoms with van der Waals surface area (Å²) < 4.78 is 4.96. The van der Waals surface area contributed by atoms with Gasteiger partial charge in [0.15, 0.2) is 0 Å². The third-order valence-corrected chi connectivity index (χ3v) is 12.3. The van der Waals surface area contributed by atoms with Gasteiger partial charge in [0.2, 0.25) is 0 Å². The molecule has 2 heterocycles. The topological polar surface area (TPSA) is 8.17 Å². The van der Waals surface area contributed by atoms with Gasteiger partial charge in [-0.05, 0) is 88.5 Å². The Morgan fingerprint density at radius 1 is 0.351 bits per heavy atom. The van der Waals surface area contributed by atoms with Gasteiger partial charge in [-0.2, -0.15) is 0 Å². The first-order valence-electron chi connectivity index (χ1n) is 19.4. The van der Waals surface area contributed by atoms with Crippen LogP contribution in [0.1, 0.15) is 0 Å². The summed E-state index contributed by atoms with van der Waals surface area (Å²) in [6.45, 7) is 0.